The van der Waals surface area contributed by atoms with Crippen LogP contribution in [0.1, 0.15) is 29.3 Å². The van der Waals surface area contributed by atoms with Gasteiger partial charge >= 0.3 is 0 Å². The van der Waals surface area contributed by atoms with E-state index in [4.69, 9.17) is 0 Å². The van der Waals surface area contributed by atoms with Crippen LogP contribution in [0.3, 0.4) is 0 Å². The van der Waals surface area contributed by atoms with Gasteiger partial charge in [0.15, 0.2) is 0 Å². The second kappa shape index (κ2) is 7.87. The third-order valence-corrected chi connectivity index (χ3v) is 3.67. The molecule has 0 bridgehead atoms. The lowest BCUT2D eigenvalue weighted by Crippen LogP contribution is -2.23. The van der Waals surface area contributed by atoms with Crippen LogP contribution in [0.5, 0.6) is 0 Å². The number of halogens is 2. The molecule has 2 amide bonds. The number of hydrogen-bond donors (Lipinski definition) is 2. The van der Waals surface area contributed by atoms with E-state index >= 15 is 0 Å². The monoisotopic (exact) mass is 378 g/mol. The normalized spacial score (nSPS) is 10.2. The summed E-state index contributed by atoms with van der Waals surface area (Å²) in [7, 11) is 0. The molecule has 6 heteroatoms. The molecule has 0 radical (unpaired) electrons. The first-order valence-corrected chi connectivity index (χ1v) is 7.91. The van der Waals surface area contributed by atoms with Gasteiger partial charge in [0, 0.05) is 34.3 Å². The number of amides is 2. The van der Waals surface area contributed by atoms with Crippen molar-refractivity contribution < 1.29 is 14.0 Å². The Labute approximate surface area is 142 Å². The molecule has 2 aromatic carbocycles. The smallest absolute Gasteiger partial charge is 0.251 e. The van der Waals surface area contributed by atoms with Crippen LogP contribution in [0, 0.1) is 5.82 Å². The molecule has 0 aromatic heterocycles. The summed E-state index contributed by atoms with van der Waals surface area (Å²) in [4.78, 5) is 23.5. The van der Waals surface area contributed by atoms with E-state index in [-0.39, 0.29) is 24.2 Å². The number of nitrogens with one attached hydrogen (secondary N) is 2. The Morgan fingerprint density at radius 1 is 1.17 bits per heavy atom. The molecule has 0 atom stereocenters. The van der Waals surface area contributed by atoms with Crippen molar-refractivity contribution in [1.82, 2.24) is 5.32 Å². The molecule has 23 heavy (non-hydrogen) atoms. The zero-order valence-corrected chi connectivity index (χ0v) is 14.1. The lowest BCUT2D eigenvalue weighted by atomic mass is 10.1. The highest BCUT2D eigenvalue weighted by Gasteiger charge is 2.09. The van der Waals surface area contributed by atoms with Gasteiger partial charge in [-0.3, -0.25) is 9.59 Å². The summed E-state index contributed by atoms with van der Waals surface area (Å²) in [5, 5.41) is 5.36. The number of hydrogen-bond acceptors (Lipinski definition) is 2. The highest BCUT2D eigenvalue weighted by Crippen LogP contribution is 2.16. The molecule has 0 aliphatic heterocycles. The van der Waals surface area contributed by atoms with E-state index in [0.717, 1.165) is 4.47 Å². The van der Waals surface area contributed by atoms with E-state index in [1.54, 1.807) is 43.3 Å². The summed E-state index contributed by atoms with van der Waals surface area (Å²) >= 11 is 3.27. The van der Waals surface area contributed by atoms with Crippen LogP contribution >= 0.6 is 15.9 Å². The predicted octanol–water partition coefficient (Wildman–Crippen LogP) is 3.87. The summed E-state index contributed by atoms with van der Waals surface area (Å²) in [6.45, 7) is 1.83. The minimum absolute atomic E-state index is 0.0790. The van der Waals surface area contributed by atoms with Gasteiger partial charge in [-0.2, -0.15) is 0 Å². The molecule has 0 unspecified atom stereocenters. The van der Waals surface area contributed by atoms with Crippen LogP contribution in [-0.4, -0.2) is 11.8 Å². The largest absolute Gasteiger partial charge is 0.348 e. The Balaban J connectivity index is 2.04. The average molecular weight is 379 g/mol. The van der Waals surface area contributed by atoms with Gasteiger partial charge in [0.25, 0.3) is 5.91 Å². The first-order chi connectivity index (χ1) is 11.0. The molecular weight excluding hydrogens is 363 g/mol. The molecule has 2 aromatic rings. The fraction of sp³-hybridized carbons (Fsp3) is 0.176. The lowest BCUT2D eigenvalue weighted by molar-refractivity contribution is -0.115. The minimum Gasteiger partial charge on any atom is -0.348 e. The maximum Gasteiger partial charge on any atom is 0.251 e. The lowest BCUT2D eigenvalue weighted by Gasteiger charge is -2.09. The van der Waals surface area contributed by atoms with Crippen molar-refractivity contribution in [1.29, 1.82) is 0 Å². The molecule has 0 fully saturated rings. The third-order valence-electron chi connectivity index (χ3n) is 3.18. The highest BCUT2D eigenvalue weighted by atomic mass is 79.9. The minimum atomic E-state index is -0.377. The second-order valence-corrected chi connectivity index (χ2v) is 5.82. The summed E-state index contributed by atoms with van der Waals surface area (Å²) < 4.78 is 14.4. The summed E-state index contributed by atoms with van der Waals surface area (Å²) in [6, 6.07) is 11.2. The quantitative estimate of drug-likeness (QED) is 0.829. The Kier molecular flexibility index (Phi) is 5.87. The average Bonchev–Trinajstić information content (AvgIpc) is 2.55. The predicted molar refractivity (Wildman–Crippen MR) is 90.6 cm³/mol. The number of anilines is 1. The number of benzene rings is 2. The Morgan fingerprint density at radius 2 is 1.96 bits per heavy atom. The van der Waals surface area contributed by atoms with Gasteiger partial charge in [-0.15, -0.1) is 0 Å². The second-order valence-electron chi connectivity index (χ2n) is 4.90. The van der Waals surface area contributed by atoms with Crippen molar-refractivity contribution in [3.05, 3.63) is 63.9 Å². The molecule has 120 valence electrons. The van der Waals surface area contributed by atoms with Crippen molar-refractivity contribution in [2.75, 3.05) is 5.32 Å². The van der Waals surface area contributed by atoms with Gasteiger partial charge in [0.2, 0.25) is 5.91 Å². The molecule has 0 saturated carbocycles. The number of rotatable bonds is 5. The highest BCUT2D eigenvalue weighted by molar-refractivity contribution is 9.10. The van der Waals surface area contributed by atoms with E-state index in [2.05, 4.69) is 26.6 Å². The zero-order valence-electron chi connectivity index (χ0n) is 12.5. The van der Waals surface area contributed by atoms with Crippen molar-refractivity contribution in [2.45, 2.75) is 19.9 Å². The third kappa shape index (κ3) is 4.89. The molecule has 2 rings (SSSR count). The Bertz CT molecular complexity index is 734. The topological polar surface area (TPSA) is 58.2 Å². The SMILES string of the molecule is CCC(=O)Nc1cccc(C(=O)NCc2cc(Br)ccc2F)c1. The van der Waals surface area contributed by atoms with Crippen LogP contribution in [0.15, 0.2) is 46.9 Å². The van der Waals surface area contributed by atoms with Gasteiger partial charge in [-0.05, 0) is 36.4 Å². The molecular formula is C17H16BrFN2O2. The van der Waals surface area contributed by atoms with Gasteiger partial charge in [-0.1, -0.05) is 28.9 Å². The standard InChI is InChI=1S/C17H16BrFN2O2/c1-2-16(22)21-14-5-3-4-11(9-14)17(23)20-10-12-8-13(18)6-7-15(12)19/h3-9H,2,10H2,1H3,(H,20,23)(H,21,22). The molecule has 0 heterocycles. The fourth-order valence-electron chi connectivity index (χ4n) is 1.94. The Hall–Kier alpha value is -2.21. The first-order valence-electron chi connectivity index (χ1n) is 7.11. The van der Waals surface area contributed by atoms with Crippen LogP contribution in [0.4, 0.5) is 10.1 Å². The van der Waals surface area contributed by atoms with Crippen molar-refractivity contribution >= 4 is 33.4 Å². The van der Waals surface area contributed by atoms with Gasteiger partial charge in [0.1, 0.15) is 5.82 Å². The number of carbonyl (C=O) groups excluding carboxylic acids is 2. The zero-order chi connectivity index (χ0) is 16.8. The van der Waals surface area contributed by atoms with Crippen molar-refractivity contribution in [3.8, 4) is 0 Å². The van der Waals surface area contributed by atoms with Gasteiger partial charge in [-0.25, -0.2) is 4.39 Å². The van der Waals surface area contributed by atoms with Crippen molar-refractivity contribution in [3.63, 3.8) is 0 Å². The van der Waals surface area contributed by atoms with E-state index in [9.17, 15) is 14.0 Å². The maximum absolute atomic E-state index is 13.6. The Morgan fingerprint density at radius 3 is 2.70 bits per heavy atom. The molecule has 4 nitrogen and oxygen atoms in total. The van der Waals surface area contributed by atoms with E-state index in [0.29, 0.717) is 23.2 Å². The van der Waals surface area contributed by atoms with E-state index < -0.39 is 0 Å². The molecule has 0 aliphatic carbocycles. The summed E-state index contributed by atoms with van der Waals surface area (Å²) in [5.74, 6) is -0.840. The van der Waals surface area contributed by atoms with E-state index in [1.165, 1.54) is 6.07 Å². The van der Waals surface area contributed by atoms with E-state index in [1.807, 2.05) is 0 Å². The summed E-state index contributed by atoms with van der Waals surface area (Å²) in [6.07, 6.45) is 0.360. The molecule has 0 saturated heterocycles. The number of carbonyl (C=O) groups is 2. The summed E-state index contributed by atoms with van der Waals surface area (Å²) in [5.41, 5.74) is 1.34. The first kappa shape index (κ1) is 17.1. The van der Waals surface area contributed by atoms with Crippen LogP contribution in [0.2, 0.25) is 0 Å². The van der Waals surface area contributed by atoms with Crippen LogP contribution in [-0.2, 0) is 11.3 Å². The van der Waals surface area contributed by atoms with Gasteiger partial charge < -0.3 is 10.6 Å². The van der Waals surface area contributed by atoms with Crippen LogP contribution < -0.4 is 10.6 Å². The van der Waals surface area contributed by atoms with Gasteiger partial charge in [0.05, 0.1) is 0 Å². The molecule has 0 aliphatic rings. The van der Waals surface area contributed by atoms with Crippen LogP contribution in [0.25, 0.3) is 0 Å². The van der Waals surface area contributed by atoms with Crippen molar-refractivity contribution in [2.24, 2.45) is 0 Å². The molecule has 0 spiro atoms. The molecule has 2 N–H and O–H groups in total. The maximum atomic E-state index is 13.6. The fourth-order valence-corrected chi connectivity index (χ4v) is 2.35.